The van der Waals surface area contributed by atoms with Crippen LogP contribution in [0.15, 0.2) is 60.3 Å². The maximum Gasteiger partial charge on any atom is 0.270 e. The number of likely N-dealkylation sites (N-methyl/N-ethyl adjacent to an activating group) is 1. The zero-order chi connectivity index (χ0) is 19.2. The zero-order valence-electron chi connectivity index (χ0n) is 15.2. The van der Waals surface area contributed by atoms with E-state index in [9.17, 15) is 14.0 Å². The van der Waals surface area contributed by atoms with Crippen molar-refractivity contribution in [1.82, 2.24) is 15.1 Å². The number of carbonyl (C=O) groups excluding carboxylic acids is 2. The van der Waals surface area contributed by atoms with E-state index in [0.717, 1.165) is 13.1 Å². The smallest absolute Gasteiger partial charge is 0.270 e. The molecular formula is C21H22FN3O2. The second-order valence-electron chi connectivity index (χ2n) is 6.50. The van der Waals surface area contributed by atoms with Gasteiger partial charge in [0.15, 0.2) is 0 Å². The Morgan fingerprint density at radius 2 is 1.59 bits per heavy atom. The predicted octanol–water partition coefficient (Wildman–Crippen LogP) is 2.37. The SMILES string of the molecule is CN1CCN(C(=O)/C(=C\c2ccccc2F)NC(=O)c2ccccc2)CC1. The Labute approximate surface area is 158 Å². The van der Waals surface area contributed by atoms with Crippen LogP contribution in [0, 0.1) is 5.82 Å². The third-order valence-corrected chi connectivity index (χ3v) is 4.51. The van der Waals surface area contributed by atoms with E-state index in [1.54, 1.807) is 47.4 Å². The van der Waals surface area contributed by atoms with Crippen LogP contribution in [0.25, 0.3) is 6.08 Å². The van der Waals surface area contributed by atoms with Crippen molar-refractivity contribution in [1.29, 1.82) is 0 Å². The molecule has 1 fully saturated rings. The summed E-state index contributed by atoms with van der Waals surface area (Å²) in [6, 6.07) is 14.8. The average molecular weight is 367 g/mol. The standard InChI is InChI=1S/C21H22FN3O2/c1-24-11-13-25(14-12-24)21(27)19(15-17-9-5-6-10-18(17)22)23-20(26)16-7-3-2-4-8-16/h2-10,15H,11-14H2,1H3,(H,23,26)/b19-15+. The highest BCUT2D eigenvalue weighted by Crippen LogP contribution is 2.14. The van der Waals surface area contributed by atoms with E-state index in [2.05, 4.69) is 10.2 Å². The fourth-order valence-corrected chi connectivity index (χ4v) is 2.86. The second kappa shape index (κ2) is 8.60. The number of amides is 2. The maximum absolute atomic E-state index is 14.1. The highest BCUT2D eigenvalue weighted by molar-refractivity contribution is 6.05. The normalized spacial score (nSPS) is 15.5. The Balaban J connectivity index is 1.88. The Bertz CT molecular complexity index is 844. The summed E-state index contributed by atoms with van der Waals surface area (Å²) < 4.78 is 14.1. The summed E-state index contributed by atoms with van der Waals surface area (Å²) >= 11 is 0. The van der Waals surface area contributed by atoms with Crippen LogP contribution in [0.3, 0.4) is 0 Å². The van der Waals surface area contributed by atoms with Gasteiger partial charge in [-0.1, -0.05) is 36.4 Å². The Hall–Kier alpha value is -2.99. The van der Waals surface area contributed by atoms with Gasteiger partial charge in [-0.2, -0.15) is 0 Å². The molecule has 1 aliphatic heterocycles. The molecule has 0 aliphatic carbocycles. The van der Waals surface area contributed by atoms with Crippen molar-refractivity contribution in [2.75, 3.05) is 33.2 Å². The molecule has 0 aromatic heterocycles. The van der Waals surface area contributed by atoms with Crippen molar-refractivity contribution < 1.29 is 14.0 Å². The topological polar surface area (TPSA) is 52.6 Å². The molecule has 1 aliphatic rings. The van der Waals surface area contributed by atoms with Crippen LogP contribution in [-0.2, 0) is 4.79 Å². The first-order valence-corrected chi connectivity index (χ1v) is 8.85. The lowest BCUT2D eigenvalue weighted by atomic mass is 10.1. The molecule has 0 bridgehead atoms. The van der Waals surface area contributed by atoms with Gasteiger partial charge in [0.05, 0.1) is 0 Å². The zero-order valence-corrected chi connectivity index (χ0v) is 15.2. The number of benzene rings is 2. The molecule has 0 saturated carbocycles. The fourth-order valence-electron chi connectivity index (χ4n) is 2.86. The first-order valence-electron chi connectivity index (χ1n) is 8.85. The number of carbonyl (C=O) groups is 2. The second-order valence-corrected chi connectivity index (χ2v) is 6.50. The number of rotatable bonds is 4. The lowest BCUT2D eigenvalue weighted by molar-refractivity contribution is -0.128. The fraction of sp³-hybridized carbons (Fsp3) is 0.238. The Morgan fingerprint density at radius 3 is 2.26 bits per heavy atom. The molecule has 0 radical (unpaired) electrons. The molecule has 2 amide bonds. The van der Waals surface area contributed by atoms with Crippen LogP contribution in [0.4, 0.5) is 4.39 Å². The van der Waals surface area contributed by atoms with Crippen molar-refractivity contribution in [2.45, 2.75) is 0 Å². The minimum absolute atomic E-state index is 0.0681. The average Bonchev–Trinajstić information content (AvgIpc) is 2.69. The van der Waals surface area contributed by atoms with Crippen molar-refractivity contribution in [3.63, 3.8) is 0 Å². The predicted molar refractivity (Wildman–Crippen MR) is 102 cm³/mol. The summed E-state index contributed by atoms with van der Waals surface area (Å²) in [6.07, 6.45) is 1.40. The molecular weight excluding hydrogens is 345 g/mol. The van der Waals surface area contributed by atoms with Crippen molar-refractivity contribution in [2.24, 2.45) is 0 Å². The first kappa shape index (κ1) is 18.8. The van der Waals surface area contributed by atoms with E-state index >= 15 is 0 Å². The molecule has 6 heteroatoms. The van der Waals surface area contributed by atoms with Crippen molar-refractivity contribution in [3.8, 4) is 0 Å². The lowest BCUT2D eigenvalue weighted by Crippen LogP contribution is -2.49. The van der Waals surface area contributed by atoms with Gasteiger partial charge in [-0.05, 0) is 31.3 Å². The van der Waals surface area contributed by atoms with E-state index in [1.807, 2.05) is 13.1 Å². The molecule has 3 rings (SSSR count). The van der Waals surface area contributed by atoms with Gasteiger partial charge in [0.2, 0.25) is 0 Å². The van der Waals surface area contributed by atoms with E-state index in [1.165, 1.54) is 12.1 Å². The van der Waals surface area contributed by atoms with Gasteiger partial charge in [-0.15, -0.1) is 0 Å². The number of hydrogen-bond acceptors (Lipinski definition) is 3. The summed E-state index contributed by atoms with van der Waals surface area (Å²) in [5, 5.41) is 2.67. The third kappa shape index (κ3) is 4.80. The van der Waals surface area contributed by atoms with Crippen LogP contribution in [0.2, 0.25) is 0 Å². The Kier molecular flexibility index (Phi) is 5.98. The van der Waals surface area contributed by atoms with Gasteiger partial charge in [0.1, 0.15) is 11.5 Å². The lowest BCUT2D eigenvalue weighted by Gasteiger charge is -2.33. The minimum Gasteiger partial charge on any atom is -0.335 e. The number of hydrogen-bond donors (Lipinski definition) is 1. The third-order valence-electron chi connectivity index (χ3n) is 4.51. The van der Waals surface area contributed by atoms with Gasteiger partial charge in [-0.25, -0.2) is 4.39 Å². The van der Waals surface area contributed by atoms with Gasteiger partial charge in [0, 0.05) is 37.3 Å². The molecule has 0 spiro atoms. The quantitative estimate of drug-likeness (QED) is 0.844. The molecule has 1 saturated heterocycles. The monoisotopic (exact) mass is 367 g/mol. The first-order chi connectivity index (χ1) is 13.0. The number of nitrogens with zero attached hydrogens (tertiary/aromatic N) is 2. The van der Waals surface area contributed by atoms with Crippen LogP contribution in [0.1, 0.15) is 15.9 Å². The molecule has 27 heavy (non-hydrogen) atoms. The van der Waals surface area contributed by atoms with Gasteiger partial charge in [0.25, 0.3) is 11.8 Å². The molecule has 2 aromatic carbocycles. The van der Waals surface area contributed by atoms with Crippen LogP contribution in [-0.4, -0.2) is 54.8 Å². The largest absolute Gasteiger partial charge is 0.335 e. The van der Waals surface area contributed by atoms with Gasteiger partial charge >= 0.3 is 0 Å². The van der Waals surface area contributed by atoms with Gasteiger partial charge in [-0.3, -0.25) is 9.59 Å². The van der Waals surface area contributed by atoms with E-state index in [0.29, 0.717) is 18.7 Å². The van der Waals surface area contributed by atoms with Crippen molar-refractivity contribution in [3.05, 3.63) is 77.2 Å². The molecule has 0 unspecified atom stereocenters. The molecule has 5 nitrogen and oxygen atoms in total. The molecule has 140 valence electrons. The highest BCUT2D eigenvalue weighted by atomic mass is 19.1. The Morgan fingerprint density at radius 1 is 0.963 bits per heavy atom. The summed E-state index contributed by atoms with van der Waals surface area (Å²) in [5.41, 5.74) is 0.755. The maximum atomic E-state index is 14.1. The van der Waals surface area contributed by atoms with E-state index in [4.69, 9.17) is 0 Å². The summed E-state index contributed by atoms with van der Waals surface area (Å²) in [4.78, 5) is 29.3. The summed E-state index contributed by atoms with van der Waals surface area (Å²) in [6.45, 7) is 2.63. The molecule has 0 atom stereocenters. The number of nitrogens with one attached hydrogen (secondary N) is 1. The van der Waals surface area contributed by atoms with Gasteiger partial charge < -0.3 is 15.1 Å². The summed E-state index contributed by atoms with van der Waals surface area (Å²) in [7, 11) is 2.00. The molecule has 1 N–H and O–H groups in total. The molecule has 1 heterocycles. The van der Waals surface area contributed by atoms with E-state index in [-0.39, 0.29) is 17.2 Å². The van der Waals surface area contributed by atoms with Crippen molar-refractivity contribution >= 4 is 17.9 Å². The van der Waals surface area contributed by atoms with E-state index < -0.39 is 11.7 Å². The molecule has 2 aromatic rings. The summed E-state index contributed by atoms with van der Waals surface area (Å²) in [5.74, 6) is -1.16. The minimum atomic E-state index is -0.449. The number of piperazine rings is 1. The van der Waals surface area contributed by atoms with Crippen LogP contribution >= 0.6 is 0 Å². The van der Waals surface area contributed by atoms with Crippen LogP contribution in [0.5, 0.6) is 0 Å². The van der Waals surface area contributed by atoms with Crippen LogP contribution < -0.4 is 5.32 Å². The highest BCUT2D eigenvalue weighted by Gasteiger charge is 2.24. The number of halogens is 1.